The molecule has 0 saturated heterocycles. The molecule has 0 bridgehead atoms. The minimum absolute atomic E-state index is 0.202. The molecule has 5 nitrogen and oxygen atoms in total. The number of amidine groups is 1. The number of nitrogens with zero attached hydrogens (tertiary/aromatic N) is 3. The molecule has 6 aromatic carbocycles. The fourth-order valence-electron chi connectivity index (χ4n) is 6.52. The molecule has 44 heavy (non-hydrogen) atoms. The van der Waals surface area contributed by atoms with Gasteiger partial charge in [-0.3, -0.25) is 0 Å². The third kappa shape index (κ3) is 3.94. The lowest BCUT2D eigenvalue weighted by Gasteiger charge is -2.40. The SMILES string of the molecule is c1ccc(C2=NC(c3ccc(-n4c5ccccc5c5ccc6c7ccccc7oc6c54)cc3)NC(c3ccccc3)[N-]2)cc1. The number of aromatic nitrogens is 1. The topological polar surface area (TPSA) is 56.6 Å². The molecule has 0 spiro atoms. The van der Waals surface area contributed by atoms with Gasteiger partial charge in [0.2, 0.25) is 0 Å². The molecule has 2 unspecified atom stereocenters. The first kappa shape index (κ1) is 24.9. The van der Waals surface area contributed by atoms with Crippen molar-refractivity contribution in [2.75, 3.05) is 0 Å². The van der Waals surface area contributed by atoms with E-state index in [-0.39, 0.29) is 12.3 Å². The van der Waals surface area contributed by atoms with Crippen LogP contribution in [0.25, 0.3) is 54.7 Å². The number of hydrogen-bond acceptors (Lipinski definition) is 3. The summed E-state index contributed by atoms with van der Waals surface area (Å²) in [7, 11) is 0. The first-order valence-corrected chi connectivity index (χ1v) is 14.9. The molecule has 3 heterocycles. The minimum atomic E-state index is -0.248. The van der Waals surface area contributed by atoms with Gasteiger partial charge in [0.25, 0.3) is 0 Å². The van der Waals surface area contributed by atoms with E-state index in [0.717, 1.165) is 61.2 Å². The molecule has 2 atom stereocenters. The van der Waals surface area contributed by atoms with Gasteiger partial charge in [0, 0.05) is 39.6 Å². The van der Waals surface area contributed by atoms with Crippen molar-refractivity contribution in [1.82, 2.24) is 9.88 Å². The molecule has 0 amide bonds. The zero-order valence-electron chi connectivity index (χ0n) is 23.8. The molecule has 2 aromatic heterocycles. The molecule has 9 rings (SSSR count). The van der Waals surface area contributed by atoms with Crippen LogP contribution in [0, 0.1) is 0 Å². The van der Waals surface area contributed by atoms with E-state index in [2.05, 4.69) is 119 Å². The summed E-state index contributed by atoms with van der Waals surface area (Å²) >= 11 is 0. The summed E-state index contributed by atoms with van der Waals surface area (Å²) in [4.78, 5) is 5.07. The van der Waals surface area contributed by atoms with E-state index >= 15 is 0 Å². The van der Waals surface area contributed by atoms with E-state index < -0.39 is 0 Å². The van der Waals surface area contributed by atoms with Gasteiger partial charge in [0.1, 0.15) is 5.58 Å². The summed E-state index contributed by atoms with van der Waals surface area (Å²) in [6, 6.07) is 50.5. The van der Waals surface area contributed by atoms with Gasteiger partial charge in [-0.05, 0) is 47.0 Å². The van der Waals surface area contributed by atoms with Crippen molar-refractivity contribution in [3.8, 4) is 5.69 Å². The molecular weight excluding hydrogens is 540 g/mol. The highest BCUT2D eigenvalue weighted by molar-refractivity contribution is 6.21. The highest BCUT2D eigenvalue weighted by Gasteiger charge is 2.20. The van der Waals surface area contributed by atoms with Crippen LogP contribution in [0.5, 0.6) is 0 Å². The largest absolute Gasteiger partial charge is 0.454 e. The molecule has 5 heteroatoms. The maximum atomic E-state index is 6.52. The second-order valence-corrected chi connectivity index (χ2v) is 11.2. The Morgan fingerprint density at radius 1 is 0.591 bits per heavy atom. The van der Waals surface area contributed by atoms with Crippen molar-refractivity contribution < 1.29 is 4.42 Å². The fourth-order valence-corrected chi connectivity index (χ4v) is 6.52. The van der Waals surface area contributed by atoms with Crippen LogP contribution in [0.2, 0.25) is 0 Å². The Hall–Kier alpha value is -5.65. The van der Waals surface area contributed by atoms with Gasteiger partial charge in [-0.15, -0.1) is 0 Å². The van der Waals surface area contributed by atoms with Crippen LogP contribution in [0.15, 0.2) is 155 Å². The van der Waals surface area contributed by atoms with Gasteiger partial charge in [-0.1, -0.05) is 121 Å². The Bertz CT molecular complexity index is 2330. The highest BCUT2D eigenvalue weighted by Crippen LogP contribution is 2.40. The van der Waals surface area contributed by atoms with Crippen LogP contribution in [0.1, 0.15) is 29.0 Å². The smallest absolute Gasteiger partial charge is 0.160 e. The number of hydrogen-bond donors (Lipinski definition) is 1. The maximum Gasteiger partial charge on any atom is 0.160 e. The first-order valence-electron chi connectivity index (χ1n) is 14.9. The van der Waals surface area contributed by atoms with E-state index in [0.29, 0.717) is 0 Å². The standard InChI is InChI=1S/C39H27N4O/c1-3-11-25(12-4-1)37-40-38(26-13-5-2-6-14-26)42-39(41-37)27-19-21-28(22-20-27)43-33-17-9-7-15-29(33)31-23-24-32-30-16-8-10-18-34(30)44-36(32)35(31)43/h1-24,37,39,41H/q-1. The van der Waals surface area contributed by atoms with Gasteiger partial charge in [0.15, 0.2) is 5.58 Å². The molecule has 0 radical (unpaired) electrons. The van der Waals surface area contributed by atoms with Crippen molar-refractivity contribution in [3.63, 3.8) is 0 Å². The number of nitrogens with one attached hydrogen (secondary N) is 1. The van der Waals surface area contributed by atoms with Crippen LogP contribution < -0.4 is 5.32 Å². The van der Waals surface area contributed by atoms with Crippen LogP contribution in [-0.2, 0) is 0 Å². The van der Waals surface area contributed by atoms with Crippen LogP contribution >= 0.6 is 0 Å². The summed E-state index contributed by atoms with van der Waals surface area (Å²) in [5.41, 5.74) is 8.29. The number of rotatable bonds is 4. The van der Waals surface area contributed by atoms with E-state index in [9.17, 15) is 0 Å². The summed E-state index contributed by atoms with van der Waals surface area (Å²) in [6.45, 7) is 0. The van der Waals surface area contributed by atoms with Crippen LogP contribution in [-0.4, -0.2) is 10.4 Å². The average molecular weight is 568 g/mol. The van der Waals surface area contributed by atoms with E-state index in [1.807, 2.05) is 36.4 Å². The molecule has 0 fully saturated rings. The Balaban J connectivity index is 1.18. The molecule has 1 aliphatic heterocycles. The van der Waals surface area contributed by atoms with E-state index in [4.69, 9.17) is 14.7 Å². The normalized spacial score (nSPS) is 16.9. The predicted octanol–water partition coefficient (Wildman–Crippen LogP) is 9.80. The van der Waals surface area contributed by atoms with Gasteiger partial charge < -0.3 is 24.6 Å². The average Bonchev–Trinajstić information content (AvgIpc) is 3.65. The zero-order chi connectivity index (χ0) is 29.0. The summed E-state index contributed by atoms with van der Waals surface area (Å²) in [5, 5.41) is 13.3. The van der Waals surface area contributed by atoms with Crippen molar-refractivity contribution in [1.29, 1.82) is 0 Å². The lowest BCUT2D eigenvalue weighted by Crippen LogP contribution is -2.31. The summed E-state index contributed by atoms with van der Waals surface area (Å²) in [5.74, 6) is 0.752. The van der Waals surface area contributed by atoms with Gasteiger partial charge in [-0.25, -0.2) is 0 Å². The van der Waals surface area contributed by atoms with Crippen LogP contribution in [0.4, 0.5) is 0 Å². The van der Waals surface area contributed by atoms with Crippen LogP contribution in [0.3, 0.4) is 0 Å². The summed E-state index contributed by atoms with van der Waals surface area (Å²) in [6.07, 6.45) is -0.450. The van der Waals surface area contributed by atoms with E-state index in [1.54, 1.807) is 0 Å². The predicted molar refractivity (Wildman–Crippen MR) is 179 cm³/mol. The number of furan rings is 1. The molecule has 1 aliphatic rings. The molecular formula is C39H27N4O-. The monoisotopic (exact) mass is 567 g/mol. The lowest BCUT2D eigenvalue weighted by molar-refractivity contribution is 0.488. The number of fused-ring (bicyclic) bond motifs is 7. The van der Waals surface area contributed by atoms with Gasteiger partial charge >= 0.3 is 0 Å². The quantitative estimate of drug-likeness (QED) is 0.230. The summed E-state index contributed by atoms with van der Waals surface area (Å²) < 4.78 is 8.85. The third-order valence-corrected chi connectivity index (χ3v) is 8.61. The molecule has 0 saturated carbocycles. The second-order valence-electron chi connectivity index (χ2n) is 11.2. The fraction of sp³-hybridized carbons (Fsp3) is 0.0513. The molecule has 1 N–H and O–H groups in total. The molecule has 0 aliphatic carbocycles. The maximum absolute atomic E-state index is 6.52. The zero-order valence-corrected chi connectivity index (χ0v) is 23.8. The van der Waals surface area contributed by atoms with Crippen molar-refractivity contribution in [2.24, 2.45) is 4.99 Å². The number of benzene rings is 6. The highest BCUT2D eigenvalue weighted by atomic mass is 16.3. The lowest BCUT2D eigenvalue weighted by atomic mass is 10.1. The van der Waals surface area contributed by atoms with Crippen molar-refractivity contribution in [3.05, 3.63) is 168 Å². The second kappa shape index (κ2) is 9.97. The Morgan fingerprint density at radius 3 is 2.09 bits per heavy atom. The van der Waals surface area contributed by atoms with Gasteiger partial charge in [-0.2, -0.15) is 0 Å². The third-order valence-electron chi connectivity index (χ3n) is 8.61. The van der Waals surface area contributed by atoms with Crippen molar-refractivity contribution >= 4 is 49.6 Å². The Labute approximate surface area is 254 Å². The minimum Gasteiger partial charge on any atom is -0.454 e. The Kier molecular flexibility index (Phi) is 5.64. The molecule has 210 valence electrons. The van der Waals surface area contributed by atoms with E-state index in [1.165, 1.54) is 10.8 Å². The van der Waals surface area contributed by atoms with Gasteiger partial charge in [0.05, 0.1) is 11.0 Å². The first-order chi connectivity index (χ1) is 21.8. The Morgan fingerprint density at radius 2 is 1.27 bits per heavy atom. The number of aliphatic imine (C=N–C) groups is 1. The number of para-hydroxylation sites is 2. The van der Waals surface area contributed by atoms with Crippen molar-refractivity contribution in [2.45, 2.75) is 12.3 Å². The molecule has 8 aromatic rings.